The van der Waals surface area contributed by atoms with Gasteiger partial charge in [-0.2, -0.15) is 0 Å². The SMILES string of the molecule is CO[C@@H]1CCN(CC(=O)Nc2cccc3ccccc23)C[C@@]12CCCO2. The van der Waals surface area contributed by atoms with E-state index in [0.29, 0.717) is 6.54 Å². The van der Waals surface area contributed by atoms with Crippen molar-refractivity contribution in [3.8, 4) is 0 Å². The first-order valence-electron chi connectivity index (χ1n) is 9.37. The van der Waals surface area contributed by atoms with Crippen LogP contribution in [0.5, 0.6) is 0 Å². The maximum Gasteiger partial charge on any atom is 0.238 e. The molecule has 0 bridgehead atoms. The Labute approximate surface area is 154 Å². The summed E-state index contributed by atoms with van der Waals surface area (Å²) in [5.41, 5.74) is 0.624. The number of rotatable bonds is 4. The molecule has 1 amide bonds. The first-order chi connectivity index (χ1) is 12.7. The van der Waals surface area contributed by atoms with Crippen LogP contribution >= 0.6 is 0 Å². The van der Waals surface area contributed by atoms with E-state index >= 15 is 0 Å². The van der Waals surface area contributed by atoms with E-state index in [0.717, 1.165) is 55.4 Å². The molecule has 1 spiro atoms. The predicted molar refractivity (Wildman–Crippen MR) is 102 cm³/mol. The molecule has 0 aliphatic carbocycles. The highest BCUT2D eigenvalue weighted by Gasteiger charge is 2.47. The van der Waals surface area contributed by atoms with E-state index in [4.69, 9.17) is 9.47 Å². The number of piperidine rings is 1. The Morgan fingerprint density at radius 3 is 2.96 bits per heavy atom. The number of anilines is 1. The molecule has 1 N–H and O–H groups in total. The van der Waals surface area contributed by atoms with Gasteiger partial charge in [0.15, 0.2) is 0 Å². The van der Waals surface area contributed by atoms with E-state index < -0.39 is 0 Å². The minimum atomic E-state index is -0.243. The molecule has 2 atom stereocenters. The van der Waals surface area contributed by atoms with Gasteiger partial charge in [0, 0.05) is 37.9 Å². The molecule has 5 nitrogen and oxygen atoms in total. The van der Waals surface area contributed by atoms with E-state index in [9.17, 15) is 4.79 Å². The molecule has 0 unspecified atom stereocenters. The summed E-state index contributed by atoms with van der Waals surface area (Å²) < 4.78 is 11.7. The minimum Gasteiger partial charge on any atom is -0.378 e. The lowest BCUT2D eigenvalue weighted by Crippen LogP contribution is -2.58. The van der Waals surface area contributed by atoms with Gasteiger partial charge in [0.2, 0.25) is 5.91 Å². The van der Waals surface area contributed by atoms with Gasteiger partial charge < -0.3 is 14.8 Å². The molecule has 138 valence electrons. The van der Waals surface area contributed by atoms with Crippen molar-refractivity contribution in [3.63, 3.8) is 0 Å². The van der Waals surface area contributed by atoms with Gasteiger partial charge in [0.25, 0.3) is 0 Å². The Bertz CT molecular complexity index is 780. The molecule has 0 radical (unpaired) electrons. The molecule has 2 aromatic rings. The van der Waals surface area contributed by atoms with Gasteiger partial charge in [-0.15, -0.1) is 0 Å². The second-order valence-corrected chi connectivity index (χ2v) is 7.32. The van der Waals surface area contributed by atoms with Gasteiger partial charge in [-0.3, -0.25) is 9.69 Å². The monoisotopic (exact) mass is 354 g/mol. The van der Waals surface area contributed by atoms with Crippen molar-refractivity contribution in [3.05, 3.63) is 42.5 Å². The van der Waals surface area contributed by atoms with Crippen molar-refractivity contribution in [1.82, 2.24) is 4.90 Å². The third-order valence-electron chi connectivity index (χ3n) is 5.63. The Morgan fingerprint density at radius 2 is 2.15 bits per heavy atom. The maximum atomic E-state index is 12.7. The van der Waals surface area contributed by atoms with Crippen LogP contribution in [0.25, 0.3) is 10.8 Å². The number of likely N-dealkylation sites (tertiary alicyclic amines) is 1. The fourth-order valence-corrected chi connectivity index (χ4v) is 4.41. The van der Waals surface area contributed by atoms with Crippen LogP contribution in [-0.2, 0) is 14.3 Å². The summed E-state index contributed by atoms with van der Waals surface area (Å²) in [6, 6.07) is 14.1. The fourth-order valence-electron chi connectivity index (χ4n) is 4.41. The number of carbonyl (C=O) groups is 1. The summed E-state index contributed by atoms with van der Waals surface area (Å²) in [4.78, 5) is 14.8. The molecular weight excluding hydrogens is 328 g/mol. The second-order valence-electron chi connectivity index (χ2n) is 7.32. The van der Waals surface area contributed by atoms with Crippen molar-refractivity contribution < 1.29 is 14.3 Å². The minimum absolute atomic E-state index is 0.0189. The number of ether oxygens (including phenoxy) is 2. The highest BCUT2D eigenvalue weighted by Crippen LogP contribution is 2.36. The number of methoxy groups -OCH3 is 1. The predicted octanol–water partition coefficient (Wildman–Crippen LogP) is 3.05. The van der Waals surface area contributed by atoms with Crippen LogP contribution < -0.4 is 5.32 Å². The molecule has 2 aromatic carbocycles. The smallest absolute Gasteiger partial charge is 0.238 e. The number of amides is 1. The van der Waals surface area contributed by atoms with Gasteiger partial charge in [-0.25, -0.2) is 0 Å². The molecule has 2 fully saturated rings. The lowest BCUT2D eigenvalue weighted by atomic mass is 9.87. The summed E-state index contributed by atoms with van der Waals surface area (Å²) in [6.45, 7) is 2.78. The molecular formula is C21H26N2O3. The molecule has 2 aliphatic rings. The lowest BCUT2D eigenvalue weighted by molar-refractivity contribution is -0.146. The van der Waals surface area contributed by atoms with Crippen LogP contribution in [0.4, 0.5) is 5.69 Å². The van der Waals surface area contributed by atoms with Gasteiger partial charge in [0.1, 0.15) is 5.60 Å². The topological polar surface area (TPSA) is 50.8 Å². The summed E-state index contributed by atoms with van der Waals surface area (Å²) in [5, 5.41) is 5.28. The van der Waals surface area contributed by atoms with Crippen LogP contribution in [0.3, 0.4) is 0 Å². The van der Waals surface area contributed by atoms with Gasteiger partial charge >= 0.3 is 0 Å². The molecule has 26 heavy (non-hydrogen) atoms. The van der Waals surface area contributed by atoms with E-state index in [2.05, 4.69) is 22.3 Å². The Morgan fingerprint density at radius 1 is 1.31 bits per heavy atom. The number of nitrogens with one attached hydrogen (secondary N) is 1. The summed E-state index contributed by atoms with van der Waals surface area (Å²) in [6.07, 6.45) is 3.10. The number of hydrogen-bond donors (Lipinski definition) is 1. The number of carbonyl (C=O) groups excluding carboxylic acids is 1. The second kappa shape index (κ2) is 7.35. The number of nitrogens with zero attached hydrogens (tertiary/aromatic N) is 1. The van der Waals surface area contributed by atoms with Crippen LogP contribution in [0, 0.1) is 0 Å². The van der Waals surface area contributed by atoms with Crippen molar-refractivity contribution >= 4 is 22.4 Å². The first-order valence-corrected chi connectivity index (χ1v) is 9.37. The van der Waals surface area contributed by atoms with Gasteiger partial charge in [-0.1, -0.05) is 36.4 Å². The summed E-state index contributed by atoms with van der Waals surface area (Å²) >= 11 is 0. The zero-order valence-electron chi connectivity index (χ0n) is 15.2. The molecule has 4 rings (SSSR count). The Balaban J connectivity index is 1.43. The van der Waals surface area contributed by atoms with Crippen LogP contribution in [0.1, 0.15) is 19.3 Å². The maximum absolute atomic E-state index is 12.7. The van der Waals surface area contributed by atoms with Crippen LogP contribution in [0.15, 0.2) is 42.5 Å². The van der Waals surface area contributed by atoms with Gasteiger partial charge in [0.05, 0.1) is 12.6 Å². The third kappa shape index (κ3) is 3.34. The number of fused-ring (bicyclic) bond motifs is 1. The standard InChI is InChI=1S/C21H26N2O3/c1-25-19-10-12-23(15-21(19)11-5-13-26-21)14-20(24)22-18-9-4-7-16-6-2-3-8-17(16)18/h2-4,6-9,19H,5,10-15H2,1H3,(H,22,24)/t19-,21+/m1/s1. The van der Waals surface area contributed by atoms with Gasteiger partial charge in [-0.05, 0) is 30.7 Å². The zero-order chi connectivity index (χ0) is 18.0. The number of hydrogen-bond acceptors (Lipinski definition) is 4. The normalized spacial score (nSPS) is 26.4. The van der Waals surface area contributed by atoms with E-state index in [1.165, 1.54) is 0 Å². The Kier molecular flexibility index (Phi) is 4.94. The molecule has 2 heterocycles. The Hall–Kier alpha value is -1.95. The van der Waals surface area contributed by atoms with Crippen molar-refractivity contribution in [2.75, 3.05) is 38.7 Å². The molecule has 0 saturated carbocycles. The van der Waals surface area contributed by atoms with Crippen molar-refractivity contribution in [2.45, 2.75) is 31.0 Å². The first kappa shape index (κ1) is 17.5. The van der Waals surface area contributed by atoms with Crippen molar-refractivity contribution in [2.24, 2.45) is 0 Å². The highest BCUT2D eigenvalue weighted by atomic mass is 16.5. The molecule has 2 saturated heterocycles. The van der Waals surface area contributed by atoms with E-state index in [1.807, 2.05) is 30.3 Å². The van der Waals surface area contributed by atoms with E-state index in [1.54, 1.807) is 7.11 Å². The lowest BCUT2D eigenvalue weighted by Gasteiger charge is -2.44. The highest BCUT2D eigenvalue weighted by molar-refractivity contribution is 6.02. The average Bonchev–Trinajstić information content (AvgIpc) is 3.11. The van der Waals surface area contributed by atoms with Crippen LogP contribution in [0.2, 0.25) is 0 Å². The fraction of sp³-hybridized carbons (Fsp3) is 0.476. The third-order valence-corrected chi connectivity index (χ3v) is 5.63. The largest absolute Gasteiger partial charge is 0.378 e. The molecule has 5 heteroatoms. The number of benzene rings is 2. The molecule has 2 aliphatic heterocycles. The average molecular weight is 354 g/mol. The van der Waals surface area contributed by atoms with Crippen LogP contribution in [-0.4, -0.2) is 55.9 Å². The quantitative estimate of drug-likeness (QED) is 0.917. The molecule has 0 aromatic heterocycles. The summed E-state index contributed by atoms with van der Waals surface area (Å²) in [7, 11) is 1.76. The van der Waals surface area contributed by atoms with Crippen molar-refractivity contribution in [1.29, 1.82) is 0 Å². The zero-order valence-corrected chi connectivity index (χ0v) is 15.2. The summed E-state index contributed by atoms with van der Waals surface area (Å²) in [5.74, 6) is 0.0189. The van der Waals surface area contributed by atoms with E-state index in [-0.39, 0.29) is 17.6 Å².